The first-order valence-corrected chi connectivity index (χ1v) is 4.89. The number of aliphatic carboxylic acids is 1. The van der Waals surface area contributed by atoms with Crippen LogP contribution in [0.3, 0.4) is 0 Å². The van der Waals surface area contributed by atoms with Crippen LogP contribution >= 0.6 is 0 Å². The van der Waals surface area contributed by atoms with Crippen molar-refractivity contribution in [2.24, 2.45) is 0 Å². The highest BCUT2D eigenvalue weighted by Crippen LogP contribution is 2.23. The Hall–Kier alpha value is -1.84. The SMILES string of the molecule is CCC(C(=O)O)c1cnn2ccccc12. The molecule has 0 saturated heterocycles. The zero-order valence-electron chi connectivity index (χ0n) is 8.42. The molecule has 4 nitrogen and oxygen atoms in total. The van der Waals surface area contributed by atoms with Crippen molar-refractivity contribution in [3.8, 4) is 0 Å². The Kier molecular flexibility index (Phi) is 2.41. The molecule has 4 heteroatoms. The van der Waals surface area contributed by atoms with Crippen LogP contribution in [0, 0.1) is 0 Å². The average Bonchev–Trinajstić information content (AvgIpc) is 2.63. The second kappa shape index (κ2) is 3.73. The van der Waals surface area contributed by atoms with Crippen molar-refractivity contribution < 1.29 is 9.90 Å². The van der Waals surface area contributed by atoms with Crippen molar-refractivity contribution in [3.63, 3.8) is 0 Å². The minimum atomic E-state index is -0.795. The molecular formula is C11H12N2O2. The van der Waals surface area contributed by atoms with Crippen LogP contribution in [0.25, 0.3) is 5.52 Å². The van der Waals surface area contributed by atoms with E-state index in [1.807, 2.05) is 31.3 Å². The molecule has 0 fully saturated rings. The van der Waals surface area contributed by atoms with E-state index in [0.29, 0.717) is 6.42 Å². The van der Waals surface area contributed by atoms with Gasteiger partial charge in [-0.3, -0.25) is 4.79 Å². The van der Waals surface area contributed by atoms with Gasteiger partial charge in [0.05, 0.1) is 17.6 Å². The highest BCUT2D eigenvalue weighted by Gasteiger charge is 2.21. The predicted octanol–water partition coefficient (Wildman–Crippen LogP) is 1.91. The molecule has 1 atom stereocenters. The summed E-state index contributed by atoms with van der Waals surface area (Å²) in [7, 11) is 0. The summed E-state index contributed by atoms with van der Waals surface area (Å²) >= 11 is 0. The molecule has 1 N–H and O–H groups in total. The summed E-state index contributed by atoms with van der Waals surface area (Å²) in [6.45, 7) is 1.87. The van der Waals surface area contributed by atoms with Gasteiger partial charge >= 0.3 is 5.97 Å². The first-order chi connectivity index (χ1) is 7.24. The lowest BCUT2D eigenvalue weighted by atomic mass is 9.98. The molecule has 0 spiro atoms. The molecule has 0 aliphatic rings. The summed E-state index contributed by atoms with van der Waals surface area (Å²) in [5.41, 5.74) is 1.65. The van der Waals surface area contributed by atoms with E-state index in [2.05, 4.69) is 5.10 Å². The smallest absolute Gasteiger partial charge is 0.311 e. The number of carboxylic acids is 1. The Morgan fingerprint density at radius 1 is 1.60 bits per heavy atom. The molecule has 0 bridgehead atoms. The maximum Gasteiger partial charge on any atom is 0.311 e. The minimum absolute atomic E-state index is 0.468. The molecule has 78 valence electrons. The van der Waals surface area contributed by atoms with Gasteiger partial charge in [-0.25, -0.2) is 4.52 Å². The van der Waals surface area contributed by atoms with Gasteiger partial charge < -0.3 is 5.11 Å². The molecule has 2 heterocycles. The maximum atomic E-state index is 11.0. The normalized spacial score (nSPS) is 12.9. The van der Waals surface area contributed by atoms with Crippen LogP contribution in [0.4, 0.5) is 0 Å². The molecule has 1 unspecified atom stereocenters. The van der Waals surface area contributed by atoms with Crippen molar-refractivity contribution in [2.45, 2.75) is 19.3 Å². The van der Waals surface area contributed by atoms with Gasteiger partial charge in [-0.15, -0.1) is 0 Å². The standard InChI is InChI=1S/C11H12N2O2/c1-2-8(11(14)15)9-7-12-13-6-4-3-5-10(9)13/h3-8H,2H2,1H3,(H,14,15). The summed E-state index contributed by atoms with van der Waals surface area (Å²) in [6, 6.07) is 5.63. The highest BCUT2D eigenvalue weighted by molar-refractivity contribution is 5.79. The average molecular weight is 204 g/mol. The van der Waals surface area contributed by atoms with Crippen LogP contribution in [0.1, 0.15) is 24.8 Å². The van der Waals surface area contributed by atoms with E-state index >= 15 is 0 Å². The van der Waals surface area contributed by atoms with Crippen molar-refractivity contribution in [1.82, 2.24) is 9.61 Å². The summed E-state index contributed by atoms with van der Waals surface area (Å²) in [5, 5.41) is 13.2. The first-order valence-electron chi connectivity index (χ1n) is 4.89. The number of nitrogens with zero attached hydrogens (tertiary/aromatic N) is 2. The van der Waals surface area contributed by atoms with Crippen LogP contribution in [-0.2, 0) is 4.79 Å². The number of hydrogen-bond donors (Lipinski definition) is 1. The van der Waals surface area contributed by atoms with Crippen LogP contribution in [0.5, 0.6) is 0 Å². The fourth-order valence-corrected chi connectivity index (χ4v) is 1.75. The maximum absolute atomic E-state index is 11.0. The monoisotopic (exact) mass is 204 g/mol. The summed E-state index contributed by atoms with van der Waals surface area (Å²) in [6.07, 6.45) is 4.02. The number of carboxylic acid groups (broad SMARTS) is 1. The van der Waals surface area contributed by atoms with E-state index in [0.717, 1.165) is 11.1 Å². The van der Waals surface area contributed by atoms with E-state index < -0.39 is 11.9 Å². The molecule has 0 amide bonds. The lowest BCUT2D eigenvalue weighted by Gasteiger charge is -2.07. The fourth-order valence-electron chi connectivity index (χ4n) is 1.75. The zero-order valence-corrected chi connectivity index (χ0v) is 8.42. The largest absolute Gasteiger partial charge is 0.481 e. The molecule has 15 heavy (non-hydrogen) atoms. The summed E-state index contributed by atoms with van der Waals surface area (Å²) in [5.74, 6) is -1.26. The van der Waals surface area contributed by atoms with Gasteiger partial charge in [-0.05, 0) is 18.6 Å². The molecule has 2 rings (SSSR count). The number of hydrogen-bond acceptors (Lipinski definition) is 2. The summed E-state index contributed by atoms with van der Waals surface area (Å²) < 4.78 is 1.70. The van der Waals surface area contributed by atoms with E-state index in [9.17, 15) is 4.79 Å². The van der Waals surface area contributed by atoms with Crippen LogP contribution in [-0.4, -0.2) is 20.7 Å². The third-order valence-corrected chi connectivity index (χ3v) is 2.54. The summed E-state index contributed by atoms with van der Waals surface area (Å²) in [4.78, 5) is 11.0. The van der Waals surface area contributed by atoms with Crippen LogP contribution in [0.2, 0.25) is 0 Å². The van der Waals surface area contributed by atoms with Crippen LogP contribution < -0.4 is 0 Å². The lowest BCUT2D eigenvalue weighted by molar-refractivity contribution is -0.138. The van der Waals surface area contributed by atoms with Gasteiger partial charge in [0, 0.05) is 11.8 Å². The van der Waals surface area contributed by atoms with Crippen molar-refractivity contribution in [2.75, 3.05) is 0 Å². The molecule has 0 radical (unpaired) electrons. The number of pyridine rings is 1. The van der Waals surface area contributed by atoms with Gasteiger partial charge in [0.2, 0.25) is 0 Å². The molecular weight excluding hydrogens is 192 g/mol. The van der Waals surface area contributed by atoms with Gasteiger partial charge in [-0.2, -0.15) is 5.10 Å². The Balaban J connectivity index is 2.55. The molecule has 2 aromatic rings. The number of aromatic nitrogens is 2. The Bertz CT molecular complexity index is 490. The Morgan fingerprint density at radius 3 is 3.07 bits per heavy atom. The molecule has 0 aliphatic carbocycles. The zero-order chi connectivity index (χ0) is 10.8. The highest BCUT2D eigenvalue weighted by atomic mass is 16.4. The third kappa shape index (κ3) is 1.58. The second-order valence-electron chi connectivity index (χ2n) is 3.43. The molecule has 0 saturated carbocycles. The van der Waals surface area contributed by atoms with Gasteiger partial charge in [0.1, 0.15) is 0 Å². The fraction of sp³-hybridized carbons (Fsp3) is 0.273. The van der Waals surface area contributed by atoms with Crippen molar-refractivity contribution in [3.05, 3.63) is 36.2 Å². The molecule has 0 aliphatic heterocycles. The molecule has 2 aromatic heterocycles. The Morgan fingerprint density at radius 2 is 2.40 bits per heavy atom. The minimum Gasteiger partial charge on any atom is -0.481 e. The van der Waals surface area contributed by atoms with Crippen molar-refractivity contribution in [1.29, 1.82) is 0 Å². The second-order valence-corrected chi connectivity index (χ2v) is 3.43. The first kappa shape index (κ1) is 9.71. The van der Waals surface area contributed by atoms with Gasteiger partial charge in [0.25, 0.3) is 0 Å². The predicted molar refractivity (Wildman–Crippen MR) is 55.9 cm³/mol. The van der Waals surface area contributed by atoms with E-state index in [4.69, 9.17) is 5.11 Å². The topological polar surface area (TPSA) is 54.6 Å². The quantitative estimate of drug-likeness (QED) is 0.830. The van der Waals surface area contributed by atoms with Gasteiger partial charge in [-0.1, -0.05) is 13.0 Å². The van der Waals surface area contributed by atoms with E-state index in [-0.39, 0.29) is 0 Å². The van der Waals surface area contributed by atoms with Crippen molar-refractivity contribution >= 4 is 11.5 Å². The third-order valence-electron chi connectivity index (χ3n) is 2.54. The Labute approximate surface area is 87.2 Å². The van der Waals surface area contributed by atoms with Gasteiger partial charge in [0.15, 0.2) is 0 Å². The number of carbonyl (C=O) groups is 1. The van der Waals surface area contributed by atoms with E-state index in [1.54, 1.807) is 10.7 Å². The lowest BCUT2D eigenvalue weighted by Crippen LogP contribution is -2.09. The number of rotatable bonds is 3. The van der Waals surface area contributed by atoms with E-state index in [1.165, 1.54) is 0 Å². The number of fused-ring (bicyclic) bond motifs is 1. The molecule has 0 aromatic carbocycles. The van der Waals surface area contributed by atoms with Crippen LogP contribution in [0.15, 0.2) is 30.6 Å².